The number of rotatable bonds is 13. The number of nitrogens with one attached hydrogen (secondary N) is 1. The predicted octanol–water partition coefficient (Wildman–Crippen LogP) is 3.58. The zero-order valence-corrected chi connectivity index (χ0v) is 22.5. The number of carbonyl (C=O) groups excluding carboxylic acids is 2. The minimum atomic E-state index is -0.623. The van der Waals surface area contributed by atoms with Crippen LogP contribution in [-0.2, 0) is 20.9 Å². The van der Waals surface area contributed by atoms with Gasteiger partial charge in [0, 0.05) is 12.1 Å². The van der Waals surface area contributed by atoms with E-state index in [1.165, 1.54) is 12.8 Å². The van der Waals surface area contributed by atoms with Crippen LogP contribution < -0.4 is 10.1 Å². The molecule has 1 unspecified atom stereocenters. The number of benzene rings is 1. The van der Waals surface area contributed by atoms with Crippen molar-refractivity contribution in [2.75, 3.05) is 45.4 Å². The van der Waals surface area contributed by atoms with Gasteiger partial charge in [-0.3, -0.25) is 14.6 Å². The number of hydrogen-bond acceptors (Lipinski definition) is 7. The van der Waals surface area contributed by atoms with E-state index in [4.69, 9.17) is 9.47 Å². The molecular weight excluding hydrogens is 485 g/mol. The summed E-state index contributed by atoms with van der Waals surface area (Å²) in [7, 11) is 1.66. The molecule has 1 atom stereocenters. The molecule has 1 saturated heterocycles. The number of nitrogens with zero attached hydrogens (tertiary/aromatic N) is 2. The lowest BCUT2D eigenvalue weighted by atomic mass is 10.2. The van der Waals surface area contributed by atoms with E-state index in [1.54, 1.807) is 18.9 Å². The molecule has 0 spiro atoms. The van der Waals surface area contributed by atoms with Gasteiger partial charge in [-0.15, -0.1) is 24.8 Å². The first-order chi connectivity index (χ1) is 14.9. The van der Waals surface area contributed by atoms with Crippen molar-refractivity contribution >= 4 is 48.5 Å². The number of ether oxygens (including phenoxy) is 2. The average molecular weight is 525 g/mol. The molecule has 190 valence electrons. The second kappa shape index (κ2) is 17.3. The third-order valence-electron chi connectivity index (χ3n) is 5.13. The van der Waals surface area contributed by atoms with Gasteiger partial charge >= 0.3 is 5.97 Å². The smallest absolute Gasteiger partial charge is 0.328 e. The van der Waals surface area contributed by atoms with Crippen molar-refractivity contribution in [2.24, 2.45) is 0 Å². The minimum Gasteiger partial charge on any atom is -0.496 e. The molecule has 1 amide bonds. The van der Waals surface area contributed by atoms with Crippen molar-refractivity contribution in [2.45, 2.75) is 51.8 Å². The number of carbonyl (C=O) groups is 2. The number of amides is 1. The quantitative estimate of drug-likeness (QED) is 0.396. The van der Waals surface area contributed by atoms with Crippen molar-refractivity contribution in [3.05, 3.63) is 29.8 Å². The van der Waals surface area contributed by atoms with Crippen LogP contribution in [0, 0.1) is 0 Å². The fourth-order valence-corrected chi connectivity index (χ4v) is 4.15. The molecule has 1 aromatic carbocycles. The van der Waals surface area contributed by atoms with Gasteiger partial charge in [0.2, 0.25) is 5.91 Å². The Bertz CT molecular complexity index is 706. The molecule has 0 saturated carbocycles. The topological polar surface area (TPSA) is 71.1 Å². The Morgan fingerprint density at radius 3 is 2.45 bits per heavy atom. The Balaban J connectivity index is 0.00000512. The van der Waals surface area contributed by atoms with E-state index in [1.807, 2.05) is 44.4 Å². The van der Waals surface area contributed by atoms with Crippen molar-refractivity contribution < 1.29 is 19.1 Å². The van der Waals surface area contributed by atoms with Gasteiger partial charge in [-0.2, -0.15) is 11.8 Å². The highest BCUT2D eigenvalue weighted by atomic mass is 35.5. The maximum absolute atomic E-state index is 12.9. The second-order valence-corrected chi connectivity index (χ2v) is 9.14. The molecule has 10 heteroatoms. The number of methoxy groups -OCH3 is 1. The number of halogens is 2. The summed E-state index contributed by atoms with van der Waals surface area (Å²) in [6.07, 6.45) is 4.70. The average Bonchev–Trinajstić information content (AvgIpc) is 3.23. The maximum Gasteiger partial charge on any atom is 0.328 e. The largest absolute Gasteiger partial charge is 0.496 e. The number of esters is 1. The number of para-hydroxylation sites is 1. The Kier molecular flexibility index (Phi) is 16.7. The van der Waals surface area contributed by atoms with Gasteiger partial charge < -0.3 is 14.8 Å². The lowest BCUT2D eigenvalue weighted by Gasteiger charge is -2.28. The summed E-state index contributed by atoms with van der Waals surface area (Å²) in [4.78, 5) is 29.8. The minimum absolute atomic E-state index is 0. The Morgan fingerprint density at radius 2 is 1.85 bits per heavy atom. The van der Waals surface area contributed by atoms with Crippen LogP contribution in [0.5, 0.6) is 5.75 Å². The highest BCUT2D eigenvalue weighted by Gasteiger charge is 2.25. The fourth-order valence-electron chi connectivity index (χ4n) is 3.68. The SMILES string of the molecule is COc1ccccc1CN(CC(=O)NC(CCSC)C(=O)OC(C)C)CN1CCCC1.Cl.Cl. The molecule has 33 heavy (non-hydrogen) atoms. The number of hydrogen-bond donors (Lipinski definition) is 1. The van der Waals surface area contributed by atoms with Gasteiger partial charge in [-0.1, -0.05) is 18.2 Å². The molecule has 1 N–H and O–H groups in total. The lowest BCUT2D eigenvalue weighted by molar-refractivity contribution is -0.151. The van der Waals surface area contributed by atoms with E-state index >= 15 is 0 Å². The molecule has 0 bridgehead atoms. The van der Waals surface area contributed by atoms with Gasteiger partial charge in [-0.05, 0) is 64.3 Å². The Morgan fingerprint density at radius 1 is 1.18 bits per heavy atom. The second-order valence-electron chi connectivity index (χ2n) is 8.15. The number of thioether (sulfide) groups is 1. The summed E-state index contributed by atoms with van der Waals surface area (Å²) in [6.45, 7) is 7.23. The predicted molar refractivity (Wildman–Crippen MR) is 140 cm³/mol. The van der Waals surface area contributed by atoms with Crippen molar-refractivity contribution in [1.29, 1.82) is 0 Å². The summed E-state index contributed by atoms with van der Waals surface area (Å²) in [6, 6.07) is 7.25. The van der Waals surface area contributed by atoms with Gasteiger partial charge in [0.1, 0.15) is 11.8 Å². The summed E-state index contributed by atoms with van der Waals surface area (Å²) in [5.41, 5.74) is 1.04. The zero-order valence-electron chi connectivity index (χ0n) is 20.1. The van der Waals surface area contributed by atoms with E-state index < -0.39 is 6.04 Å². The van der Waals surface area contributed by atoms with Crippen LogP contribution in [0.2, 0.25) is 0 Å². The normalized spacial score (nSPS) is 14.4. The monoisotopic (exact) mass is 523 g/mol. The number of likely N-dealkylation sites (tertiary alicyclic amines) is 1. The summed E-state index contributed by atoms with van der Waals surface area (Å²) in [5, 5.41) is 2.91. The zero-order chi connectivity index (χ0) is 22.6. The van der Waals surface area contributed by atoms with E-state index in [0.717, 1.165) is 30.2 Å². The van der Waals surface area contributed by atoms with Crippen LogP contribution in [0.3, 0.4) is 0 Å². The Hall–Kier alpha value is -1.19. The van der Waals surface area contributed by atoms with Gasteiger partial charge in [-0.25, -0.2) is 4.79 Å². The first-order valence-corrected chi connectivity index (χ1v) is 12.4. The molecule has 1 aliphatic rings. The van der Waals surface area contributed by atoms with Crippen LogP contribution in [0.15, 0.2) is 24.3 Å². The fraction of sp³-hybridized carbons (Fsp3) is 0.652. The molecule has 1 aromatic rings. The van der Waals surface area contributed by atoms with Crippen molar-refractivity contribution in [1.82, 2.24) is 15.1 Å². The Labute approximate surface area is 215 Å². The maximum atomic E-state index is 12.9. The first kappa shape index (κ1) is 31.8. The van der Waals surface area contributed by atoms with E-state index in [2.05, 4.69) is 15.1 Å². The summed E-state index contributed by atoms with van der Waals surface area (Å²) in [5.74, 6) is 1.05. The molecule has 0 aromatic heterocycles. The van der Waals surface area contributed by atoms with E-state index in [9.17, 15) is 9.59 Å². The highest BCUT2D eigenvalue weighted by molar-refractivity contribution is 7.98. The highest BCUT2D eigenvalue weighted by Crippen LogP contribution is 2.20. The molecule has 1 heterocycles. The van der Waals surface area contributed by atoms with E-state index in [0.29, 0.717) is 19.6 Å². The van der Waals surface area contributed by atoms with Crippen LogP contribution in [0.1, 0.15) is 38.7 Å². The molecule has 0 radical (unpaired) electrons. The lowest BCUT2D eigenvalue weighted by Crippen LogP contribution is -2.48. The summed E-state index contributed by atoms with van der Waals surface area (Å²) >= 11 is 1.64. The van der Waals surface area contributed by atoms with Crippen LogP contribution in [-0.4, -0.2) is 79.2 Å². The third kappa shape index (κ3) is 11.7. The van der Waals surface area contributed by atoms with Crippen LogP contribution in [0.4, 0.5) is 0 Å². The van der Waals surface area contributed by atoms with Crippen molar-refractivity contribution in [3.8, 4) is 5.75 Å². The molecule has 1 fully saturated rings. The van der Waals surface area contributed by atoms with Crippen LogP contribution in [0.25, 0.3) is 0 Å². The molecule has 0 aliphatic carbocycles. The molecule has 2 rings (SSSR count). The summed E-state index contributed by atoms with van der Waals surface area (Å²) < 4.78 is 10.8. The van der Waals surface area contributed by atoms with Crippen LogP contribution >= 0.6 is 36.6 Å². The molecule has 1 aliphatic heterocycles. The van der Waals surface area contributed by atoms with Gasteiger partial charge in [0.15, 0.2) is 0 Å². The third-order valence-corrected chi connectivity index (χ3v) is 5.78. The standard InChI is InChI=1S/C23H37N3O4S.2ClH/c1-18(2)30-23(28)20(11-14-31-4)24-22(27)16-26(17-25-12-7-8-13-25)15-19-9-5-6-10-21(19)29-3;;/h5-6,9-10,18,20H,7-8,11-17H2,1-4H3,(H,24,27);2*1H. The molecular formula is C23H39Cl2N3O4S. The van der Waals surface area contributed by atoms with Gasteiger partial charge in [0.05, 0.1) is 26.4 Å². The first-order valence-electron chi connectivity index (χ1n) is 11.0. The van der Waals surface area contributed by atoms with Crippen molar-refractivity contribution in [3.63, 3.8) is 0 Å². The van der Waals surface area contributed by atoms with Gasteiger partial charge in [0.25, 0.3) is 0 Å². The van der Waals surface area contributed by atoms with E-state index in [-0.39, 0.29) is 49.3 Å². The molecule has 7 nitrogen and oxygen atoms in total.